The molecule has 0 atom stereocenters. The van der Waals surface area contributed by atoms with Crippen molar-refractivity contribution in [2.45, 2.75) is 13.0 Å². The highest BCUT2D eigenvalue weighted by Crippen LogP contribution is 2.09. The standard InChI is InChI=1S/C13H23N5O/c14-16-13-4-1-3-12(15-13)11-18-6-2-5-17(7-8-18)9-10-19/h1,3-4,19H,2,5-11,14H2,(H,15,16). The molecule has 1 fully saturated rings. The van der Waals surface area contributed by atoms with Crippen molar-refractivity contribution in [1.82, 2.24) is 14.8 Å². The lowest BCUT2D eigenvalue weighted by molar-refractivity contribution is 0.195. The molecule has 0 aliphatic carbocycles. The Labute approximate surface area is 114 Å². The fraction of sp³-hybridized carbons (Fsp3) is 0.615. The Hall–Kier alpha value is -1.21. The number of aliphatic hydroxyl groups is 1. The van der Waals surface area contributed by atoms with E-state index in [0.29, 0.717) is 5.82 Å². The van der Waals surface area contributed by atoms with Crippen LogP contribution in [0.15, 0.2) is 18.2 Å². The molecule has 1 saturated heterocycles. The van der Waals surface area contributed by atoms with E-state index < -0.39 is 0 Å². The van der Waals surface area contributed by atoms with E-state index in [9.17, 15) is 0 Å². The summed E-state index contributed by atoms with van der Waals surface area (Å²) in [6, 6.07) is 5.85. The smallest absolute Gasteiger partial charge is 0.140 e. The van der Waals surface area contributed by atoms with E-state index in [4.69, 9.17) is 10.9 Å². The van der Waals surface area contributed by atoms with E-state index in [1.54, 1.807) is 0 Å². The van der Waals surface area contributed by atoms with Crippen molar-refractivity contribution in [2.24, 2.45) is 5.84 Å². The van der Waals surface area contributed by atoms with Crippen LogP contribution in [-0.4, -0.2) is 59.2 Å². The number of hydrogen-bond donors (Lipinski definition) is 3. The summed E-state index contributed by atoms with van der Waals surface area (Å²) < 4.78 is 0. The van der Waals surface area contributed by atoms with Gasteiger partial charge in [0, 0.05) is 26.2 Å². The molecule has 1 aromatic rings. The molecule has 1 aliphatic rings. The number of anilines is 1. The number of β-amino-alcohol motifs (C(OH)–C–C–N with tert-alkyl or cyclic N) is 1. The number of hydrazine groups is 1. The van der Waals surface area contributed by atoms with E-state index in [2.05, 4.69) is 20.2 Å². The Kier molecular flexibility index (Phi) is 5.53. The molecule has 2 heterocycles. The molecule has 0 bridgehead atoms. The minimum absolute atomic E-state index is 0.242. The summed E-state index contributed by atoms with van der Waals surface area (Å²) in [6.45, 7) is 6.03. The van der Waals surface area contributed by atoms with Gasteiger partial charge in [0.2, 0.25) is 0 Å². The predicted molar refractivity (Wildman–Crippen MR) is 75.5 cm³/mol. The molecular weight excluding hydrogens is 242 g/mol. The summed E-state index contributed by atoms with van der Waals surface area (Å²) in [5, 5.41) is 8.99. The van der Waals surface area contributed by atoms with Gasteiger partial charge in [-0.2, -0.15) is 0 Å². The first-order valence-electron chi connectivity index (χ1n) is 6.80. The van der Waals surface area contributed by atoms with Crippen LogP contribution in [-0.2, 0) is 6.54 Å². The number of rotatable bonds is 5. The number of hydrogen-bond acceptors (Lipinski definition) is 6. The number of aromatic nitrogens is 1. The van der Waals surface area contributed by atoms with Crippen molar-refractivity contribution in [3.05, 3.63) is 23.9 Å². The van der Waals surface area contributed by atoms with Gasteiger partial charge in [0.1, 0.15) is 5.82 Å². The molecule has 0 aromatic carbocycles. The van der Waals surface area contributed by atoms with E-state index in [1.807, 2.05) is 18.2 Å². The second-order valence-electron chi connectivity index (χ2n) is 4.85. The fourth-order valence-corrected chi connectivity index (χ4v) is 2.42. The number of nitrogens with zero attached hydrogens (tertiary/aromatic N) is 3. The highest BCUT2D eigenvalue weighted by Gasteiger charge is 2.14. The minimum atomic E-state index is 0.242. The van der Waals surface area contributed by atoms with Crippen LogP contribution in [0.2, 0.25) is 0 Å². The van der Waals surface area contributed by atoms with Crippen LogP contribution in [0.25, 0.3) is 0 Å². The number of aliphatic hydroxyl groups excluding tert-OH is 1. The summed E-state index contributed by atoms with van der Waals surface area (Å²) >= 11 is 0. The van der Waals surface area contributed by atoms with Gasteiger partial charge in [-0.3, -0.25) is 9.80 Å². The zero-order valence-electron chi connectivity index (χ0n) is 11.3. The van der Waals surface area contributed by atoms with E-state index in [1.165, 1.54) is 0 Å². The zero-order chi connectivity index (χ0) is 13.5. The Morgan fingerprint density at radius 2 is 2.00 bits per heavy atom. The first-order chi connectivity index (χ1) is 9.31. The molecule has 1 aromatic heterocycles. The molecule has 19 heavy (non-hydrogen) atoms. The lowest BCUT2D eigenvalue weighted by atomic mass is 10.3. The second kappa shape index (κ2) is 7.40. The SMILES string of the molecule is NNc1cccc(CN2CCCN(CCO)CC2)n1. The van der Waals surface area contributed by atoms with Crippen LogP contribution in [0.1, 0.15) is 12.1 Å². The lowest BCUT2D eigenvalue weighted by Gasteiger charge is -2.21. The van der Waals surface area contributed by atoms with Crippen LogP contribution in [0.5, 0.6) is 0 Å². The van der Waals surface area contributed by atoms with Crippen molar-refractivity contribution in [3.8, 4) is 0 Å². The first-order valence-corrected chi connectivity index (χ1v) is 6.80. The monoisotopic (exact) mass is 265 g/mol. The highest BCUT2D eigenvalue weighted by molar-refractivity contribution is 5.33. The first kappa shape index (κ1) is 14.2. The Balaban J connectivity index is 1.88. The maximum absolute atomic E-state index is 8.99. The summed E-state index contributed by atoms with van der Waals surface area (Å²) in [6.07, 6.45) is 1.13. The number of nitrogens with two attached hydrogens (primary N) is 1. The molecule has 6 nitrogen and oxygen atoms in total. The highest BCUT2D eigenvalue weighted by atomic mass is 16.3. The second-order valence-corrected chi connectivity index (χ2v) is 4.85. The molecule has 2 rings (SSSR count). The zero-order valence-corrected chi connectivity index (χ0v) is 11.3. The molecule has 1 aliphatic heterocycles. The third kappa shape index (κ3) is 4.43. The molecule has 4 N–H and O–H groups in total. The van der Waals surface area contributed by atoms with Gasteiger partial charge in [-0.05, 0) is 31.6 Å². The van der Waals surface area contributed by atoms with Crippen LogP contribution in [0.3, 0.4) is 0 Å². The Morgan fingerprint density at radius 1 is 1.21 bits per heavy atom. The third-order valence-electron chi connectivity index (χ3n) is 3.44. The van der Waals surface area contributed by atoms with Crippen molar-refractivity contribution < 1.29 is 5.11 Å². The average molecular weight is 265 g/mol. The Bertz CT molecular complexity index is 387. The molecule has 0 radical (unpaired) electrons. The largest absolute Gasteiger partial charge is 0.395 e. The van der Waals surface area contributed by atoms with Gasteiger partial charge in [0.25, 0.3) is 0 Å². The van der Waals surface area contributed by atoms with Crippen molar-refractivity contribution in [2.75, 3.05) is 44.8 Å². The quantitative estimate of drug-likeness (QED) is 0.508. The van der Waals surface area contributed by atoms with E-state index in [0.717, 1.165) is 51.4 Å². The molecule has 6 heteroatoms. The van der Waals surface area contributed by atoms with Gasteiger partial charge in [-0.1, -0.05) is 6.07 Å². The van der Waals surface area contributed by atoms with E-state index in [-0.39, 0.29) is 6.61 Å². The molecule has 0 spiro atoms. The van der Waals surface area contributed by atoms with Gasteiger partial charge in [0.15, 0.2) is 0 Å². The third-order valence-corrected chi connectivity index (χ3v) is 3.44. The molecule has 0 amide bonds. The maximum atomic E-state index is 8.99. The lowest BCUT2D eigenvalue weighted by Crippen LogP contribution is -2.32. The normalized spacial score (nSPS) is 18.2. The fourth-order valence-electron chi connectivity index (χ4n) is 2.42. The molecule has 0 unspecified atom stereocenters. The minimum Gasteiger partial charge on any atom is -0.395 e. The van der Waals surface area contributed by atoms with Crippen molar-refractivity contribution in [3.63, 3.8) is 0 Å². The molecule has 0 saturated carbocycles. The predicted octanol–water partition coefficient (Wildman–Crippen LogP) is -0.133. The van der Waals surface area contributed by atoms with Crippen LogP contribution >= 0.6 is 0 Å². The van der Waals surface area contributed by atoms with Crippen LogP contribution < -0.4 is 11.3 Å². The van der Waals surface area contributed by atoms with Crippen LogP contribution in [0.4, 0.5) is 5.82 Å². The number of nitrogen functional groups attached to an aromatic ring is 1. The van der Waals surface area contributed by atoms with E-state index >= 15 is 0 Å². The summed E-state index contributed by atoms with van der Waals surface area (Å²) in [4.78, 5) is 9.15. The van der Waals surface area contributed by atoms with Gasteiger partial charge >= 0.3 is 0 Å². The van der Waals surface area contributed by atoms with Crippen LogP contribution in [0, 0.1) is 0 Å². The van der Waals surface area contributed by atoms with Gasteiger partial charge in [0.05, 0.1) is 12.3 Å². The maximum Gasteiger partial charge on any atom is 0.140 e. The Morgan fingerprint density at radius 3 is 2.79 bits per heavy atom. The number of nitrogens with one attached hydrogen (secondary N) is 1. The average Bonchev–Trinajstić information content (AvgIpc) is 2.65. The van der Waals surface area contributed by atoms with Crippen molar-refractivity contribution in [1.29, 1.82) is 0 Å². The summed E-state index contributed by atoms with van der Waals surface area (Å²) in [7, 11) is 0. The molecule has 106 valence electrons. The van der Waals surface area contributed by atoms with Gasteiger partial charge in [-0.25, -0.2) is 10.8 Å². The van der Waals surface area contributed by atoms with Gasteiger partial charge in [-0.15, -0.1) is 0 Å². The summed E-state index contributed by atoms with van der Waals surface area (Å²) in [5.41, 5.74) is 3.61. The summed E-state index contributed by atoms with van der Waals surface area (Å²) in [5.74, 6) is 6.07. The topological polar surface area (TPSA) is 77.7 Å². The number of pyridine rings is 1. The molecular formula is C13H23N5O. The van der Waals surface area contributed by atoms with Gasteiger partial charge < -0.3 is 10.5 Å². The van der Waals surface area contributed by atoms with Crippen molar-refractivity contribution >= 4 is 5.82 Å².